The predicted octanol–water partition coefficient (Wildman–Crippen LogP) is 2.29. The molecule has 1 N–H and O–H groups in total. The highest BCUT2D eigenvalue weighted by Gasteiger charge is 2.46. The fourth-order valence-electron chi connectivity index (χ4n) is 5.83. The molecule has 5 rings (SSSR count). The van der Waals surface area contributed by atoms with Gasteiger partial charge in [-0.2, -0.15) is 0 Å². The van der Waals surface area contributed by atoms with E-state index in [2.05, 4.69) is 34.3 Å². The van der Waals surface area contributed by atoms with Crippen molar-refractivity contribution in [1.82, 2.24) is 20.0 Å². The van der Waals surface area contributed by atoms with Gasteiger partial charge >= 0.3 is 0 Å². The average molecular weight is 493 g/mol. The lowest BCUT2D eigenvalue weighted by Crippen LogP contribution is -2.50. The van der Waals surface area contributed by atoms with Crippen LogP contribution >= 0.6 is 0 Å². The standard InChI is InChI=1S/C28H36N4O4/c1-30-13-15-31(16-14-30)11-6-10-29-27(33)25-21-17-23(35-2)24(36-3)18-22(21)28(34)32-12-9-19-7-4-5-8-20(19)26(25)32/h4-5,7-8,17-18,25-26H,6,9-16H2,1-3H3,(H,29,33). The Hall–Kier alpha value is -3.10. The maximum atomic E-state index is 13.8. The van der Waals surface area contributed by atoms with Crippen molar-refractivity contribution in [2.75, 3.05) is 67.1 Å². The van der Waals surface area contributed by atoms with Crippen LogP contribution < -0.4 is 14.8 Å². The molecule has 2 amide bonds. The van der Waals surface area contributed by atoms with Gasteiger partial charge in [0, 0.05) is 44.8 Å². The minimum atomic E-state index is -0.525. The van der Waals surface area contributed by atoms with Crippen molar-refractivity contribution in [3.63, 3.8) is 0 Å². The Labute approximate surface area is 213 Å². The summed E-state index contributed by atoms with van der Waals surface area (Å²) in [6.07, 6.45) is 1.67. The number of hydrogen-bond donors (Lipinski definition) is 1. The van der Waals surface area contributed by atoms with Crippen LogP contribution in [0.1, 0.15) is 45.4 Å². The average Bonchev–Trinajstić information content (AvgIpc) is 2.91. The van der Waals surface area contributed by atoms with Gasteiger partial charge in [0.1, 0.15) is 0 Å². The first kappa shape index (κ1) is 24.6. The van der Waals surface area contributed by atoms with Crippen molar-refractivity contribution in [2.45, 2.75) is 24.8 Å². The van der Waals surface area contributed by atoms with E-state index in [1.807, 2.05) is 23.1 Å². The van der Waals surface area contributed by atoms with Crippen molar-refractivity contribution in [3.05, 3.63) is 58.7 Å². The molecule has 3 aliphatic heterocycles. The number of fused-ring (bicyclic) bond motifs is 4. The monoisotopic (exact) mass is 492 g/mol. The summed E-state index contributed by atoms with van der Waals surface area (Å²) in [5.74, 6) is 0.370. The van der Waals surface area contributed by atoms with E-state index in [1.165, 1.54) is 5.56 Å². The van der Waals surface area contributed by atoms with E-state index >= 15 is 0 Å². The number of nitrogens with zero attached hydrogens (tertiary/aromatic N) is 3. The van der Waals surface area contributed by atoms with Gasteiger partial charge in [-0.15, -0.1) is 0 Å². The van der Waals surface area contributed by atoms with Crippen LogP contribution in [0.2, 0.25) is 0 Å². The minimum absolute atomic E-state index is 0.0546. The van der Waals surface area contributed by atoms with E-state index in [0.29, 0.717) is 35.7 Å². The molecule has 8 nitrogen and oxygen atoms in total. The first-order chi connectivity index (χ1) is 17.5. The Morgan fingerprint density at radius 1 is 1.00 bits per heavy atom. The number of piperazine rings is 1. The Morgan fingerprint density at radius 3 is 2.47 bits per heavy atom. The molecule has 0 saturated carbocycles. The molecule has 2 atom stereocenters. The van der Waals surface area contributed by atoms with Gasteiger partial charge in [-0.05, 0) is 55.3 Å². The van der Waals surface area contributed by atoms with Gasteiger partial charge in [-0.25, -0.2) is 0 Å². The number of carbonyl (C=O) groups is 2. The number of rotatable bonds is 7. The van der Waals surface area contributed by atoms with E-state index in [0.717, 1.165) is 51.1 Å². The summed E-state index contributed by atoms with van der Waals surface area (Å²) in [7, 11) is 5.29. The summed E-state index contributed by atoms with van der Waals surface area (Å²) in [4.78, 5) is 34.1. The maximum absolute atomic E-state index is 13.8. The lowest BCUT2D eigenvalue weighted by atomic mass is 9.75. The summed E-state index contributed by atoms with van der Waals surface area (Å²) in [6.45, 7) is 6.46. The molecule has 0 radical (unpaired) electrons. The zero-order valence-corrected chi connectivity index (χ0v) is 21.5. The molecule has 2 unspecified atom stereocenters. The van der Waals surface area contributed by atoms with Crippen LogP contribution in [-0.2, 0) is 11.2 Å². The molecule has 2 aromatic rings. The molecule has 0 spiro atoms. The molecule has 3 heterocycles. The van der Waals surface area contributed by atoms with Gasteiger partial charge in [0.05, 0.1) is 26.2 Å². The van der Waals surface area contributed by atoms with Crippen LogP contribution in [0.15, 0.2) is 36.4 Å². The topological polar surface area (TPSA) is 74.4 Å². The van der Waals surface area contributed by atoms with Gasteiger partial charge in [-0.3, -0.25) is 9.59 Å². The van der Waals surface area contributed by atoms with E-state index in [1.54, 1.807) is 20.3 Å². The van der Waals surface area contributed by atoms with Crippen molar-refractivity contribution < 1.29 is 19.1 Å². The van der Waals surface area contributed by atoms with Crippen LogP contribution in [0.25, 0.3) is 0 Å². The molecule has 2 aromatic carbocycles. The largest absolute Gasteiger partial charge is 0.493 e. The Morgan fingerprint density at radius 2 is 1.72 bits per heavy atom. The number of amides is 2. The predicted molar refractivity (Wildman–Crippen MR) is 138 cm³/mol. The fourth-order valence-corrected chi connectivity index (χ4v) is 5.83. The third kappa shape index (κ3) is 4.55. The molecule has 8 heteroatoms. The SMILES string of the molecule is COc1cc2c(cc1OC)C(C(=O)NCCCN1CCN(C)CC1)C1c3ccccc3CCN1C2=O. The molecule has 3 aliphatic rings. The number of hydrogen-bond acceptors (Lipinski definition) is 6. The summed E-state index contributed by atoms with van der Waals surface area (Å²) < 4.78 is 11.0. The lowest BCUT2D eigenvalue weighted by molar-refractivity contribution is -0.124. The number of carbonyl (C=O) groups excluding carboxylic acids is 2. The maximum Gasteiger partial charge on any atom is 0.254 e. The van der Waals surface area contributed by atoms with Crippen LogP contribution in [-0.4, -0.2) is 93.6 Å². The van der Waals surface area contributed by atoms with Crippen LogP contribution in [0.3, 0.4) is 0 Å². The van der Waals surface area contributed by atoms with Crippen molar-refractivity contribution in [1.29, 1.82) is 0 Å². The Bertz CT molecular complexity index is 1130. The van der Waals surface area contributed by atoms with E-state index < -0.39 is 5.92 Å². The quantitative estimate of drug-likeness (QED) is 0.598. The molecule has 0 bridgehead atoms. The van der Waals surface area contributed by atoms with Crippen LogP contribution in [0, 0.1) is 0 Å². The molecule has 36 heavy (non-hydrogen) atoms. The first-order valence-electron chi connectivity index (χ1n) is 12.8. The van der Waals surface area contributed by atoms with E-state index in [4.69, 9.17) is 9.47 Å². The smallest absolute Gasteiger partial charge is 0.254 e. The third-order valence-corrected chi connectivity index (χ3v) is 7.86. The zero-order valence-electron chi connectivity index (χ0n) is 21.5. The fraction of sp³-hybridized carbons (Fsp3) is 0.500. The number of likely N-dealkylation sites (N-methyl/N-ethyl adjacent to an activating group) is 1. The van der Waals surface area contributed by atoms with Crippen LogP contribution in [0.5, 0.6) is 11.5 Å². The van der Waals surface area contributed by atoms with Gasteiger partial charge in [0.2, 0.25) is 5.91 Å². The first-order valence-corrected chi connectivity index (χ1v) is 12.8. The molecule has 0 aliphatic carbocycles. The second kappa shape index (κ2) is 10.5. The van der Waals surface area contributed by atoms with Crippen LogP contribution in [0.4, 0.5) is 0 Å². The third-order valence-electron chi connectivity index (χ3n) is 7.86. The Balaban J connectivity index is 1.42. The number of nitrogens with one attached hydrogen (secondary N) is 1. The van der Waals surface area contributed by atoms with E-state index in [9.17, 15) is 9.59 Å². The highest BCUT2D eigenvalue weighted by Crippen LogP contribution is 2.48. The normalized spacial score (nSPS) is 21.9. The van der Waals surface area contributed by atoms with Crippen molar-refractivity contribution in [2.24, 2.45) is 0 Å². The number of benzene rings is 2. The summed E-state index contributed by atoms with van der Waals surface area (Å²) in [5.41, 5.74) is 3.46. The Kier molecular flexibility index (Phi) is 7.16. The van der Waals surface area contributed by atoms with Crippen molar-refractivity contribution >= 4 is 11.8 Å². The molecule has 1 saturated heterocycles. The van der Waals surface area contributed by atoms with Gasteiger partial charge in [0.25, 0.3) is 5.91 Å². The minimum Gasteiger partial charge on any atom is -0.493 e. The van der Waals surface area contributed by atoms with E-state index in [-0.39, 0.29) is 17.9 Å². The summed E-state index contributed by atoms with van der Waals surface area (Å²) in [6, 6.07) is 11.4. The highest BCUT2D eigenvalue weighted by molar-refractivity contribution is 6.02. The summed E-state index contributed by atoms with van der Waals surface area (Å²) in [5, 5.41) is 3.20. The molecular formula is C28H36N4O4. The van der Waals surface area contributed by atoms with Gasteiger partial charge in [0.15, 0.2) is 11.5 Å². The highest BCUT2D eigenvalue weighted by atomic mass is 16.5. The number of methoxy groups -OCH3 is 2. The van der Waals surface area contributed by atoms with Crippen molar-refractivity contribution in [3.8, 4) is 11.5 Å². The molecule has 192 valence electrons. The molecular weight excluding hydrogens is 456 g/mol. The number of ether oxygens (including phenoxy) is 2. The summed E-state index contributed by atoms with van der Waals surface area (Å²) >= 11 is 0. The van der Waals surface area contributed by atoms with Gasteiger partial charge in [-0.1, -0.05) is 24.3 Å². The lowest BCUT2D eigenvalue weighted by Gasteiger charge is -2.45. The molecule has 1 fully saturated rings. The second-order valence-corrected chi connectivity index (χ2v) is 9.95. The zero-order chi connectivity index (χ0) is 25.2. The second-order valence-electron chi connectivity index (χ2n) is 9.95. The van der Waals surface area contributed by atoms with Gasteiger partial charge < -0.3 is 29.5 Å². The molecule has 0 aromatic heterocycles.